The van der Waals surface area contributed by atoms with E-state index in [-0.39, 0.29) is 5.60 Å². The van der Waals surface area contributed by atoms with Crippen LogP contribution < -0.4 is 5.73 Å². The number of aromatic nitrogens is 3. The first-order valence-electron chi connectivity index (χ1n) is 7.36. The van der Waals surface area contributed by atoms with Crippen LogP contribution in [0.2, 0.25) is 0 Å². The van der Waals surface area contributed by atoms with E-state index in [9.17, 15) is 0 Å². The van der Waals surface area contributed by atoms with Crippen molar-refractivity contribution in [3.63, 3.8) is 0 Å². The van der Waals surface area contributed by atoms with Crippen molar-refractivity contribution in [1.29, 1.82) is 0 Å². The topological polar surface area (TPSA) is 87.1 Å². The Morgan fingerprint density at radius 1 is 1.29 bits per heavy atom. The van der Waals surface area contributed by atoms with Crippen LogP contribution in [0.5, 0.6) is 0 Å². The molecule has 1 aliphatic rings. The van der Waals surface area contributed by atoms with Gasteiger partial charge in [-0.15, -0.1) is 0 Å². The zero-order valence-electron chi connectivity index (χ0n) is 12.4. The fraction of sp³-hybridized carbons (Fsp3) is 0.643. The number of nitrogens with zero attached hydrogens (tertiary/aromatic N) is 3. The molecular weight excluding hydrogens is 288 g/mol. The number of thiazole rings is 1. The molecule has 0 spiro atoms. The number of nitrogen functional groups attached to an aromatic ring is 1. The molecule has 1 saturated carbocycles. The van der Waals surface area contributed by atoms with Gasteiger partial charge in [-0.1, -0.05) is 35.8 Å². The van der Waals surface area contributed by atoms with Gasteiger partial charge in [0.1, 0.15) is 10.5 Å². The molecule has 0 unspecified atom stereocenters. The van der Waals surface area contributed by atoms with Crippen molar-refractivity contribution in [2.75, 3.05) is 12.3 Å². The highest BCUT2D eigenvalue weighted by molar-refractivity contribution is 7.18. The molecule has 1 fully saturated rings. The Labute approximate surface area is 127 Å². The van der Waals surface area contributed by atoms with E-state index in [0.717, 1.165) is 36.3 Å². The van der Waals surface area contributed by atoms with Crippen LogP contribution in [0.3, 0.4) is 0 Å². The molecule has 0 bridgehead atoms. The van der Waals surface area contributed by atoms with Gasteiger partial charge in [0.2, 0.25) is 5.82 Å². The van der Waals surface area contributed by atoms with Crippen molar-refractivity contribution in [1.82, 2.24) is 15.1 Å². The van der Waals surface area contributed by atoms with E-state index >= 15 is 0 Å². The number of nitrogens with two attached hydrogens (primary N) is 1. The van der Waals surface area contributed by atoms with Crippen LogP contribution in [-0.4, -0.2) is 21.7 Å². The molecule has 0 aliphatic heterocycles. The lowest BCUT2D eigenvalue weighted by atomic mass is 9.84. The van der Waals surface area contributed by atoms with E-state index in [0.29, 0.717) is 23.5 Å². The summed E-state index contributed by atoms with van der Waals surface area (Å²) in [4.78, 5) is 9.62. The van der Waals surface area contributed by atoms with Gasteiger partial charge >= 0.3 is 0 Å². The van der Waals surface area contributed by atoms with Gasteiger partial charge in [-0.2, -0.15) is 4.98 Å². The summed E-state index contributed by atoms with van der Waals surface area (Å²) in [7, 11) is 0. The second-order valence-corrected chi connectivity index (χ2v) is 6.41. The molecule has 21 heavy (non-hydrogen) atoms. The van der Waals surface area contributed by atoms with Crippen LogP contribution in [0.15, 0.2) is 4.52 Å². The minimum Gasteiger partial charge on any atom is -0.375 e. The monoisotopic (exact) mass is 308 g/mol. The Hall–Kier alpha value is -1.47. The van der Waals surface area contributed by atoms with E-state index in [1.807, 2.05) is 13.8 Å². The summed E-state index contributed by atoms with van der Waals surface area (Å²) in [5.41, 5.74) is 6.16. The zero-order chi connectivity index (χ0) is 14.9. The number of hydrogen-bond donors (Lipinski definition) is 1. The SMILES string of the molecule is CCOC1(c2noc(-c3sc(N)nc3C)n2)CCCCC1. The third-order valence-electron chi connectivity index (χ3n) is 3.92. The van der Waals surface area contributed by atoms with E-state index in [1.54, 1.807) is 0 Å². The van der Waals surface area contributed by atoms with Crippen LogP contribution in [-0.2, 0) is 10.3 Å². The number of rotatable bonds is 4. The Bertz CT molecular complexity index is 611. The third-order valence-corrected chi connectivity index (χ3v) is 4.90. The molecule has 7 heteroatoms. The van der Waals surface area contributed by atoms with Gasteiger partial charge in [0.05, 0.1) is 5.69 Å². The average molecular weight is 308 g/mol. The van der Waals surface area contributed by atoms with Crippen LogP contribution in [0.25, 0.3) is 10.8 Å². The molecule has 2 heterocycles. The smallest absolute Gasteiger partial charge is 0.270 e. The van der Waals surface area contributed by atoms with E-state index in [1.165, 1.54) is 17.8 Å². The maximum Gasteiger partial charge on any atom is 0.270 e. The lowest BCUT2D eigenvalue weighted by Crippen LogP contribution is -2.33. The molecule has 0 radical (unpaired) electrons. The maximum absolute atomic E-state index is 6.02. The predicted octanol–water partition coefficient (Wildman–Crippen LogP) is 3.28. The van der Waals surface area contributed by atoms with Gasteiger partial charge in [-0.25, -0.2) is 4.98 Å². The number of aryl methyl sites for hydroxylation is 1. The second-order valence-electron chi connectivity index (χ2n) is 5.38. The molecule has 2 aromatic rings. The molecular formula is C14H20N4O2S. The lowest BCUT2D eigenvalue weighted by Gasteiger charge is -2.33. The van der Waals surface area contributed by atoms with Gasteiger partial charge < -0.3 is 15.0 Å². The molecule has 0 amide bonds. The van der Waals surface area contributed by atoms with Crippen molar-refractivity contribution < 1.29 is 9.26 Å². The maximum atomic E-state index is 6.02. The Morgan fingerprint density at radius 2 is 2.05 bits per heavy atom. The van der Waals surface area contributed by atoms with E-state index in [4.69, 9.17) is 15.0 Å². The molecule has 0 aromatic carbocycles. The van der Waals surface area contributed by atoms with Crippen molar-refractivity contribution >= 4 is 16.5 Å². The second kappa shape index (κ2) is 5.73. The quantitative estimate of drug-likeness (QED) is 0.932. The minimum atomic E-state index is -0.390. The van der Waals surface area contributed by atoms with Crippen LogP contribution in [0.1, 0.15) is 50.5 Å². The molecule has 0 atom stereocenters. The largest absolute Gasteiger partial charge is 0.375 e. The fourth-order valence-corrected chi connectivity index (χ4v) is 3.70. The minimum absolute atomic E-state index is 0.390. The number of anilines is 1. The number of ether oxygens (including phenoxy) is 1. The summed E-state index contributed by atoms with van der Waals surface area (Å²) in [6, 6.07) is 0. The molecule has 1 aliphatic carbocycles. The molecule has 2 N–H and O–H groups in total. The first-order valence-corrected chi connectivity index (χ1v) is 8.18. The normalized spacial score (nSPS) is 18.0. The summed E-state index contributed by atoms with van der Waals surface area (Å²) < 4.78 is 11.5. The van der Waals surface area contributed by atoms with Gasteiger partial charge in [0.15, 0.2) is 5.13 Å². The fourth-order valence-electron chi connectivity index (χ4n) is 2.95. The van der Waals surface area contributed by atoms with Crippen molar-refractivity contribution in [2.24, 2.45) is 0 Å². The Morgan fingerprint density at radius 3 is 2.67 bits per heavy atom. The standard InChI is InChI=1S/C14H20N4O2S/c1-3-19-14(7-5-4-6-8-14)12-17-11(20-18-12)10-9(2)16-13(15)21-10/h3-8H2,1-2H3,(H2,15,16). The first kappa shape index (κ1) is 14.5. The number of hydrogen-bond acceptors (Lipinski definition) is 7. The van der Waals surface area contributed by atoms with Gasteiger partial charge in [-0.3, -0.25) is 0 Å². The average Bonchev–Trinajstić information content (AvgIpc) is 3.07. The van der Waals surface area contributed by atoms with Crippen molar-refractivity contribution in [2.45, 2.75) is 51.6 Å². The van der Waals surface area contributed by atoms with Crippen molar-refractivity contribution in [3.05, 3.63) is 11.5 Å². The summed E-state index contributed by atoms with van der Waals surface area (Å²) in [5, 5.41) is 4.70. The summed E-state index contributed by atoms with van der Waals surface area (Å²) in [6.45, 7) is 4.55. The highest BCUT2D eigenvalue weighted by atomic mass is 32.1. The van der Waals surface area contributed by atoms with Crippen molar-refractivity contribution in [3.8, 4) is 10.8 Å². The zero-order valence-corrected chi connectivity index (χ0v) is 13.2. The highest BCUT2D eigenvalue weighted by Crippen LogP contribution is 2.40. The van der Waals surface area contributed by atoms with Gasteiger partial charge in [-0.05, 0) is 26.7 Å². The van der Waals surface area contributed by atoms with Crippen LogP contribution in [0.4, 0.5) is 5.13 Å². The van der Waals surface area contributed by atoms with Gasteiger partial charge in [0.25, 0.3) is 5.89 Å². The summed E-state index contributed by atoms with van der Waals surface area (Å²) in [5.74, 6) is 1.15. The van der Waals surface area contributed by atoms with Crippen LogP contribution >= 0.6 is 11.3 Å². The third kappa shape index (κ3) is 2.67. The Kier molecular flexibility index (Phi) is 3.95. The predicted molar refractivity (Wildman–Crippen MR) is 80.9 cm³/mol. The highest BCUT2D eigenvalue weighted by Gasteiger charge is 2.39. The van der Waals surface area contributed by atoms with E-state index in [2.05, 4.69) is 15.1 Å². The lowest BCUT2D eigenvalue weighted by molar-refractivity contribution is -0.0777. The van der Waals surface area contributed by atoms with Crippen LogP contribution in [0, 0.1) is 6.92 Å². The molecule has 3 rings (SSSR count). The molecule has 114 valence electrons. The summed E-state index contributed by atoms with van der Waals surface area (Å²) in [6.07, 6.45) is 5.41. The van der Waals surface area contributed by atoms with E-state index < -0.39 is 0 Å². The first-order chi connectivity index (χ1) is 10.1. The molecule has 2 aromatic heterocycles. The van der Waals surface area contributed by atoms with Gasteiger partial charge in [0, 0.05) is 6.61 Å². The Balaban J connectivity index is 1.94. The molecule has 0 saturated heterocycles. The summed E-state index contributed by atoms with van der Waals surface area (Å²) >= 11 is 1.37. The molecule has 6 nitrogen and oxygen atoms in total.